The molecule has 1 atom stereocenters. The number of halogens is 1. The van der Waals surface area contributed by atoms with Crippen LogP contribution in [0.4, 0.5) is 15.8 Å². The normalized spacial score (nSPS) is 16.2. The van der Waals surface area contributed by atoms with Crippen LogP contribution in [0.2, 0.25) is 0 Å². The minimum atomic E-state index is -0.560. The second-order valence-electron chi connectivity index (χ2n) is 8.40. The number of fused-ring (bicyclic) bond motifs is 2. The van der Waals surface area contributed by atoms with E-state index in [1.807, 2.05) is 20.2 Å². The Kier molecular flexibility index (Phi) is 5.16. The minimum absolute atomic E-state index is 0.0626. The molecular formula is C23H26FN7O2. The number of nitrogens with zero attached hydrogens (tertiary/aromatic N) is 5. The number of pyridine rings is 1. The van der Waals surface area contributed by atoms with Gasteiger partial charge in [-0.05, 0) is 27.3 Å². The number of hydrogen-bond donors (Lipinski definition) is 3. The maximum Gasteiger partial charge on any atom is 0.261 e. The maximum absolute atomic E-state index is 14.5. The molecule has 0 saturated carbocycles. The highest BCUT2D eigenvalue weighted by molar-refractivity contribution is 6.16. The van der Waals surface area contributed by atoms with Gasteiger partial charge < -0.3 is 25.0 Å². The molecule has 33 heavy (non-hydrogen) atoms. The van der Waals surface area contributed by atoms with Gasteiger partial charge in [0.05, 0.1) is 17.1 Å². The quantitative estimate of drug-likeness (QED) is 0.432. The molecule has 1 aliphatic rings. The predicted octanol–water partition coefficient (Wildman–Crippen LogP) is 2.91. The number of carbonyl (C=O) groups excluding carboxylic acids is 1. The lowest BCUT2D eigenvalue weighted by Gasteiger charge is -2.21. The van der Waals surface area contributed by atoms with Crippen molar-refractivity contribution in [2.75, 3.05) is 30.4 Å². The molecule has 9 nitrogen and oxygen atoms in total. The summed E-state index contributed by atoms with van der Waals surface area (Å²) in [5, 5.41) is 22.2. The van der Waals surface area contributed by atoms with Crippen LogP contribution in [0.25, 0.3) is 16.6 Å². The van der Waals surface area contributed by atoms with Gasteiger partial charge in [-0.1, -0.05) is 0 Å². The van der Waals surface area contributed by atoms with Crippen molar-refractivity contribution in [3.8, 4) is 5.75 Å². The van der Waals surface area contributed by atoms with E-state index in [9.17, 15) is 14.3 Å². The van der Waals surface area contributed by atoms with E-state index in [-0.39, 0.29) is 22.6 Å². The molecule has 1 unspecified atom stereocenters. The number of rotatable bonds is 5. The zero-order valence-corrected chi connectivity index (χ0v) is 18.8. The molecular weight excluding hydrogens is 425 g/mol. The Balaban J connectivity index is 1.55. The monoisotopic (exact) mass is 451 g/mol. The van der Waals surface area contributed by atoms with Gasteiger partial charge in [-0.15, -0.1) is 0 Å². The van der Waals surface area contributed by atoms with Gasteiger partial charge in [0.15, 0.2) is 11.5 Å². The van der Waals surface area contributed by atoms with Crippen molar-refractivity contribution in [1.29, 1.82) is 0 Å². The first-order valence-electron chi connectivity index (χ1n) is 11.0. The highest BCUT2D eigenvalue weighted by Crippen LogP contribution is 2.37. The van der Waals surface area contributed by atoms with Crippen molar-refractivity contribution in [1.82, 2.24) is 24.5 Å². The van der Waals surface area contributed by atoms with Crippen LogP contribution in [0.5, 0.6) is 5.75 Å². The molecule has 3 N–H and O–H groups in total. The summed E-state index contributed by atoms with van der Waals surface area (Å²) in [6, 6.07) is 3.21. The highest BCUT2D eigenvalue weighted by Gasteiger charge is 2.27. The third-order valence-corrected chi connectivity index (χ3v) is 6.18. The van der Waals surface area contributed by atoms with Crippen LogP contribution in [0.3, 0.4) is 0 Å². The van der Waals surface area contributed by atoms with Crippen molar-refractivity contribution in [3.05, 3.63) is 47.8 Å². The molecule has 1 amide bonds. The number of phenolic OH excluding ortho intramolecular Hbond substituents is 1. The lowest BCUT2D eigenvalue weighted by Crippen LogP contribution is -2.29. The minimum Gasteiger partial charge on any atom is -0.507 e. The van der Waals surface area contributed by atoms with E-state index in [0.29, 0.717) is 23.8 Å². The van der Waals surface area contributed by atoms with Gasteiger partial charge in [-0.3, -0.25) is 9.48 Å². The van der Waals surface area contributed by atoms with E-state index in [2.05, 4.69) is 25.6 Å². The number of anilines is 2. The first-order valence-corrected chi connectivity index (χ1v) is 11.0. The summed E-state index contributed by atoms with van der Waals surface area (Å²) in [5.41, 5.74) is 2.43. The maximum atomic E-state index is 14.5. The number of amides is 1. The Hall–Kier alpha value is -3.66. The number of likely N-dealkylation sites (N-methyl/N-ethyl adjacent to an activating group) is 1. The molecule has 4 aromatic rings. The van der Waals surface area contributed by atoms with E-state index in [1.54, 1.807) is 30.1 Å². The van der Waals surface area contributed by atoms with Crippen LogP contribution in [-0.2, 0) is 6.54 Å². The molecule has 172 valence electrons. The van der Waals surface area contributed by atoms with Crippen LogP contribution in [0.1, 0.15) is 29.4 Å². The Bertz CT molecular complexity index is 1380. The molecule has 0 aliphatic carbocycles. The third-order valence-electron chi connectivity index (χ3n) is 6.18. The van der Waals surface area contributed by atoms with E-state index in [1.165, 1.54) is 10.5 Å². The van der Waals surface area contributed by atoms with E-state index < -0.39 is 11.7 Å². The Morgan fingerprint density at radius 2 is 2.12 bits per heavy atom. The molecule has 1 aromatic carbocycles. The van der Waals surface area contributed by atoms with Crippen LogP contribution in [0.15, 0.2) is 30.7 Å². The lowest BCUT2D eigenvalue weighted by atomic mass is 10.1. The second-order valence-corrected chi connectivity index (χ2v) is 8.40. The first-order chi connectivity index (χ1) is 15.9. The fraction of sp³-hybridized carbons (Fsp3) is 0.348. The number of carbonyl (C=O) groups is 1. The van der Waals surface area contributed by atoms with Crippen molar-refractivity contribution in [2.24, 2.45) is 0 Å². The Morgan fingerprint density at radius 3 is 2.85 bits per heavy atom. The van der Waals surface area contributed by atoms with Crippen molar-refractivity contribution in [2.45, 2.75) is 32.9 Å². The topological polar surface area (TPSA) is 99.7 Å². The van der Waals surface area contributed by atoms with Crippen LogP contribution in [0, 0.1) is 12.7 Å². The number of aryl methyl sites for hydroxylation is 2. The highest BCUT2D eigenvalue weighted by atomic mass is 19.1. The second kappa shape index (κ2) is 8.04. The van der Waals surface area contributed by atoms with E-state index in [4.69, 9.17) is 0 Å². The first kappa shape index (κ1) is 21.2. The molecule has 1 saturated heterocycles. The van der Waals surface area contributed by atoms with E-state index in [0.717, 1.165) is 30.6 Å². The summed E-state index contributed by atoms with van der Waals surface area (Å²) in [7, 11) is 1.94. The van der Waals surface area contributed by atoms with Gasteiger partial charge in [-0.2, -0.15) is 5.10 Å². The zero-order valence-electron chi connectivity index (χ0n) is 18.8. The Morgan fingerprint density at radius 1 is 1.30 bits per heavy atom. The summed E-state index contributed by atoms with van der Waals surface area (Å²) in [4.78, 5) is 19.6. The number of benzene rings is 1. The molecule has 0 spiro atoms. The molecule has 5 rings (SSSR count). The summed E-state index contributed by atoms with van der Waals surface area (Å²) in [5.74, 6) is -1.27. The molecule has 1 fully saturated rings. The number of hydrogen-bond acceptors (Lipinski definition) is 6. The number of nitrogens with one attached hydrogen (secondary N) is 2. The Labute approximate surface area is 189 Å². The van der Waals surface area contributed by atoms with Crippen molar-refractivity contribution in [3.63, 3.8) is 0 Å². The average Bonchev–Trinajstić information content (AvgIpc) is 3.50. The largest absolute Gasteiger partial charge is 0.507 e. The zero-order chi connectivity index (χ0) is 23.3. The molecule has 10 heteroatoms. The number of aromatic nitrogens is 4. The van der Waals surface area contributed by atoms with Crippen molar-refractivity contribution < 1.29 is 14.3 Å². The SMILES string of the molecule is CCn1cc2c(N3CCC(NC)C3)cc(O)c(C(=O)Nc3cc(F)c4nc(C)cn4c3)c2n1. The lowest BCUT2D eigenvalue weighted by molar-refractivity contribution is 0.102. The van der Waals surface area contributed by atoms with Crippen LogP contribution < -0.4 is 15.5 Å². The number of phenols is 1. The molecule has 0 radical (unpaired) electrons. The van der Waals surface area contributed by atoms with E-state index >= 15 is 0 Å². The summed E-state index contributed by atoms with van der Waals surface area (Å²) in [6.07, 6.45) is 6.15. The molecule has 1 aliphatic heterocycles. The van der Waals surface area contributed by atoms with Gasteiger partial charge in [0.1, 0.15) is 16.8 Å². The van der Waals surface area contributed by atoms with Crippen LogP contribution in [-0.4, -0.2) is 56.4 Å². The molecule has 3 aromatic heterocycles. The van der Waals surface area contributed by atoms with Crippen molar-refractivity contribution >= 4 is 33.8 Å². The van der Waals surface area contributed by atoms with Gasteiger partial charge >= 0.3 is 0 Å². The third kappa shape index (κ3) is 3.66. The smallest absolute Gasteiger partial charge is 0.261 e. The standard InChI is InChI=1S/C23H26FN7O2/c1-4-31-12-16-18(29-6-5-14(10-29)25-3)8-19(32)20(21(16)28-31)23(33)27-15-7-17(24)22-26-13(2)9-30(22)11-15/h7-9,11-12,14,25,32H,4-6,10H2,1-3H3,(H,27,33). The molecule has 4 heterocycles. The van der Waals surface area contributed by atoms with Crippen LogP contribution >= 0.6 is 0 Å². The van der Waals surface area contributed by atoms with Gasteiger partial charge in [0, 0.05) is 61.8 Å². The average molecular weight is 452 g/mol. The summed E-state index contributed by atoms with van der Waals surface area (Å²) >= 11 is 0. The fourth-order valence-corrected chi connectivity index (χ4v) is 4.50. The number of aromatic hydroxyl groups is 1. The number of imidazole rings is 1. The van der Waals surface area contributed by atoms with Gasteiger partial charge in [0.25, 0.3) is 5.91 Å². The van der Waals surface area contributed by atoms with Gasteiger partial charge in [-0.25, -0.2) is 9.37 Å². The summed E-state index contributed by atoms with van der Waals surface area (Å²) in [6.45, 7) is 5.99. The fourth-order valence-electron chi connectivity index (χ4n) is 4.50. The molecule has 0 bridgehead atoms. The summed E-state index contributed by atoms with van der Waals surface area (Å²) < 4.78 is 17.7. The van der Waals surface area contributed by atoms with Gasteiger partial charge in [0.2, 0.25) is 0 Å². The predicted molar refractivity (Wildman–Crippen MR) is 125 cm³/mol.